The summed E-state index contributed by atoms with van der Waals surface area (Å²) in [7, 11) is 0. The molecule has 0 atom stereocenters. The minimum Gasteiger partial charge on any atom is -0.548 e. The number of anilines is 1. The predicted octanol–water partition coefficient (Wildman–Crippen LogP) is 0.783. The first-order chi connectivity index (χ1) is 7.27. The molecule has 15 heavy (non-hydrogen) atoms. The number of benzene rings is 1. The fourth-order valence-electron chi connectivity index (χ4n) is 1.56. The number of carbonyl (C=O) groups excluding carboxylic acids is 1. The second-order valence-electron chi connectivity index (χ2n) is 3.26. The molecule has 1 aromatic rings. The summed E-state index contributed by atoms with van der Waals surface area (Å²) in [5, 5.41) is 10.6. The van der Waals surface area contributed by atoms with E-state index in [2.05, 4.69) is 0 Å². The molecule has 0 amide bonds. The van der Waals surface area contributed by atoms with Crippen LogP contribution in [0.2, 0.25) is 0 Å². The van der Waals surface area contributed by atoms with Crippen molar-refractivity contribution < 1.29 is 9.90 Å². The van der Waals surface area contributed by atoms with Crippen molar-refractivity contribution in [2.24, 2.45) is 0 Å². The SMILES string of the molecule is O=C([O-])CN1C=CC=Cc2ccccc21. The summed E-state index contributed by atoms with van der Waals surface area (Å²) < 4.78 is 0. The van der Waals surface area contributed by atoms with Crippen LogP contribution in [0.1, 0.15) is 5.56 Å². The maximum atomic E-state index is 10.6. The number of carboxylic acid groups (broad SMARTS) is 1. The highest BCUT2D eigenvalue weighted by Gasteiger charge is 2.08. The second-order valence-corrected chi connectivity index (χ2v) is 3.26. The molecule has 1 heterocycles. The van der Waals surface area contributed by atoms with Gasteiger partial charge in [-0.3, -0.25) is 0 Å². The van der Waals surface area contributed by atoms with Gasteiger partial charge in [0, 0.05) is 11.9 Å². The first kappa shape index (κ1) is 9.52. The smallest absolute Gasteiger partial charge is 0.0621 e. The van der Waals surface area contributed by atoms with Gasteiger partial charge in [-0.1, -0.05) is 30.4 Å². The van der Waals surface area contributed by atoms with E-state index in [1.54, 1.807) is 11.1 Å². The van der Waals surface area contributed by atoms with Crippen LogP contribution < -0.4 is 10.0 Å². The van der Waals surface area contributed by atoms with Crippen molar-refractivity contribution in [1.29, 1.82) is 0 Å². The molecule has 0 unspecified atom stereocenters. The maximum Gasteiger partial charge on any atom is 0.0621 e. The van der Waals surface area contributed by atoms with Gasteiger partial charge in [-0.25, -0.2) is 0 Å². The normalized spacial score (nSPS) is 13.5. The van der Waals surface area contributed by atoms with E-state index in [0.717, 1.165) is 11.3 Å². The van der Waals surface area contributed by atoms with E-state index in [9.17, 15) is 9.90 Å². The van der Waals surface area contributed by atoms with Gasteiger partial charge in [-0.05, 0) is 17.7 Å². The molecule has 0 spiro atoms. The Kier molecular flexibility index (Phi) is 2.54. The Morgan fingerprint density at radius 3 is 2.87 bits per heavy atom. The summed E-state index contributed by atoms with van der Waals surface area (Å²) in [5.41, 5.74) is 1.88. The molecule has 0 radical (unpaired) electrons. The first-order valence-electron chi connectivity index (χ1n) is 4.68. The Morgan fingerprint density at radius 1 is 1.27 bits per heavy atom. The molecule has 1 aliphatic rings. The third-order valence-electron chi connectivity index (χ3n) is 2.20. The Balaban J connectivity index is 2.39. The molecule has 1 aliphatic heterocycles. The lowest BCUT2D eigenvalue weighted by atomic mass is 10.1. The van der Waals surface area contributed by atoms with Crippen LogP contribution in [0.4, 0.5) is 5.69 Å². The standard InChI is InChI=1S/C12H11NO2/c14-12(15)9-13-8-4-3-6-10-5-1-2-7-11(10)13/h1-8H,9H2,(H,14,15)/p-1. The monoisotopic (exact) mass is 200 g/mol. The van der Waals surface area contributed by atoms with Crippen molar-refractivity contribution in [2.75, 3.05) is 11.4 Å². The second kappa shape index (κ2) is 4.00. The number of hydrogen-bond donors (Lipinski definition) is 0. The average molecular weight is 200 g/mol. The van der Waals surface area contributed by atoms with Crippen LogP contribution in [0.3, 0.4) is 0 Å². The van der Waals surface area contributed by atoms with E-state index in [4.69, 9.17) is 0 Å². The van der Waals surface area contributed by atoms with Crippen LogP contribution in [0.25, 0.3) is 6.08 Å². The van der Waals surface area contributed by atoms with Gasteiger partial charge in [0.15, 0.2) is 0 Å². The number of nitrogens with zero attached hydrogens (tertiary/aromatic N) is 1. The van der Waals surface area contributed by atoms with Gasteiger partial charge in [0.2, 0.25) is 0 Å². The molecule has 0 aromatic heterocycles. The molecule has 0 saturated heterocycles. The Bertz CT molecular complexity index is 435. The lowest BCUT2D eigenvalue weighted by molar-refractivity contribution is -0.303. The highest BCUT2D eigenvalue weighted by Crippen LogP contribution is 2.23. The fraction of sp³-hybridized carbons (Fsp3) is 0.0833. The van der Waals surface area contributed by atoms with Crippen LogP contribution in [0.15, 0.2) is 42.6 Å². The Morgan fingerprint density at radius 2 is 2.07 bits per heavy atom. The van der Waals surface area contributed by atoms with Crippen molar-refractivity contribution in [2.45, 2.75) is 0 Å². The minimum atomic E-state index is -1.09. The molecule has 0 aliphatic carbocycles. The largest absolute Gasteiger partial charge is 0.548 e. The summed E-state index contributed by atoms with van der Waals surface area (Å²) in [5.74, 6) is -1.09. The number of carbonyl (C=O) groups is 1. The molecule has 0 N–H and O–H groups in total. The number of rotatable bonds is 2. The quantitative estimate of drug-likeness (QED) is 0.708. The maximum absolute atomic E-state index is 10.6. The van der Waals surface area contributed by atoms with Crippen LogP contribution in [-0.4, -0.2) is 12.5 Å². The van der Waals surface area contributed by atoms with E-state index in [1.807, 2.05) is 42.5 Å². The van der Waals surface area contributed by atoms with E-state index in [0.29, 0.717) is 0 Å². The highest BCUT2D eigenvalue weighted by molar-refractivity contribution is 5.77. The molecular weight excluding hydrogens is 190 g/mol. The Hall–Kier alpha value is -2.03. The van der Waals surface area contributed by atoms with Crippen molar-refractivity contribution in [3.8, 4) is 0 Å². The van der Waals surface area contributed by atoms with Crippen LogP contribution in [0, 0.1) is 0 Å². The van der Waals surface area contributed by atoms with Crippen molar-refractivity contribution in [1.82, 2.24) is 0 Å². The molecule has 0 saturated carbocycles. The highest BCUT2D eigenvalue weighted by atomic mass is 16.4. The molecule has 3 nitrogen and oxygen atoms in total. The van der Waals surface area contributed by atoms with Crippen molar-refractivity contribution in [3.63, 3.8) is 0 Å². The molecule has 3 heteroatoms. The van der Waals surface area contributed by atoms with E-state index >= 15 is 0 Å². The summed E-state index contributed by atoms with van der Waals surface area (Å²) in [6.07, 6.45) is 7.37. The molecule has 76 valence electrons. The molecule has 0 fully saturated rings. The topological polar surface area (TPSA) is 43.4 Å². The van der Waals surface area contributed by atoms with Gasteiger partial charge in [-0.2, -0.15) is 0 Å². The summed E-state index contributed by atoms with van der Waals surface area (Å²) in [6, 6.07) is 7.64. The number of para-hydroxylation sites is 1. The van der Waals surface area contributed by atoms with Crippen LogP contribution in [-0.2, 0) is 4.79 Å². The summed E-state index contributed by atoms with van der Waals surface area (Å²) in [4.78, 5) is 12.2. The predicted molar refractivity (Wildman–Crippen MR) is 57.0 cm³/mol. The van der Waals surface area contributed by atoms with Crippen molar-refractivity contribution in [3.05, 3.63) is 48.2 Å². The lowest BCUT2D eigenvalue weighted by Crippen LogP contribution is -2.35. The zero-order valence-corrected chi connectivity index (χ0v) is 8.09. The number of carboxylic acids is 1. The number of fused-ring (bicyclic) bond motifs is 1. The van der Waals surface area contributed by atoms with Gasteiger partial charge in [-0.15, -0.1) is 0 Å². The van der Waals surface area contributed by atoms with E-state index in [1.165, 1.54) is 0 Å². The van der Waals surface area contributed by atoms with E-state index in [-0.39, 0.29) is 6.54 Å². The van der Waals surface area contributed by atoms with Gasteiger partial charge in [0.05, 0.1) is 12.5 Å². The number of allylic oxidation sites excluding steroid dienone is 2. The number of aliphatic carboxylic acids is 1. The zero-order valence-electron chi connectivity index (χ0n) is 8.09. The zero-order chi connectivity index (χ0) is 10.7. The summed E-state index contributed by atoms with van der Waals surface area (Å²) in [6.45, 7) is -0.130. The fourth-order valence-corrected chi connectivity index (χ4v) is 1.56. The van der Waals surface area contributed by atoms with Crippen molar-refractivity contribution >= 4 is 17.7 Å². The molecule has 2 rings (SSSR count). The number of hydrogen-bond acceptors (Lipinski definition) is 3. The first-order valence-corrected chi connectivity index (χ1v) is 4.68. The average Bonchev–Trinajstić information content (AvgIpc) is 2.41. The Labute approximate surface area is 88.0 Å². The third kappa shape index (κ3) is 2.07. The molecule has 0 bridgehead atoms. The molecular formula is C12H10NO2-. The van der Waals surface area contributed by atoms with Crippen LogP contribution in [0.5, 0.6) is 0 Å². The van der Waals surface area contributed by atoms with Gasteiger partial charge in [0.1, 0.15) is 0 Å². The minimum absolute atomic E-state index is 0.130. The van der Waals surface area contributed by atoms with Gasteiger partial charge < -0.3 is 14.8 Å². The third-order valence-corrected chi connectivity index (χ3v) is 2.20. The van der Waals surface area contributed by atoms with Gasteiger partial charge in [0.25, 0.3) is 0 Å². The van der Waals surface area contributed by atoms with Gasteiger partial charge >= 0.3 is 0 Å². The van der Waals surface area contributed by atoms with Crippen LogP contribution >= 0.6 is 0 Å². The molecule has 1 aromatic carbocycles. The lowest BCUT2D eigenvalue weighted by Gasteiger charge is -2.21. The summed E-state index contributed by atoms with van der Waals surface area (Å²) >= 11 is 0. The van der Waals surface area contributed by atoms with E-state index < -0.39 is 5.97 Å².